The summed E-state index contributed by atoms with van der Waals surface area (Å²) in [6.45, 7) is 9.63. The average Bonchev–Trinajstić information content (AvgIpc) is 1.68. The molecule has 86 heavy (non-hydrogen) atoms. The fourth-order valence-electron chi connectivity index (χ4n) is 15.5. The Balaban J connectivity index is 1.01. The summed E-state index contributed by atoms with van der Waals surface area (Å²) >= 11 is 0. The number of anilines is 6. The maximum Gasteiger partial charge on any atom is 0.0540 e. The van der Waals surface area contributed by atoms with E-state index >= 15 is 0 Å². The monoisotopic (exact) mass is 1100 g/mol. The molecule has 3 aliphatic carbocycles. The fraction of sp³-hybridized carbons (Fsp3) is 0.0952. The molecule has 0 spiro atoms. The summed E-state index contributed by atoms with van der Waals surface area (Å²) in [6, 6.07) is 101. The van der Waals surface area contributed by atoms with Gasteiger partial charge in [-0.1, -0.05) is 246 Å². The Morgan fingerprint density at radius 3 is 1.19 bits per heavy atom. The van der Waals surface area contributed by atoms with Crippen molar-refractivity contribution in [3.63, 3.8) is 0 Å². The summed E-state index contributed by atoms with van der Waals surface area (Å²) in [5.41, 5.74) is 24.7. The second-order valence-corrected chi connectivity index (χ2v) is 25.0. The smallest absolute Gasteiger partial charge is 0.0540 e. The van der Waals surface area contributed by atoms with E-state index in [1.807, 2.05) is 0 Å². The number of fused-ring (bicyclic) bond motifs is 12. The molecular formula is C84H62N2. The molecule has 408 valence electrons. The minimum atomic E-state index is -0.205. The highest BCUT2D eigenvalue weighted by atomic mass is 15.2. The first-order valence-corrected chi connectivity index (χ1v) is 30.5. The Kier molecular flexibility index (Phi) is 11.2. The van der Waals surface area contributed by atoms with Gasteiger partial charge in [0.15, 0.2) is 0 Å². The highest BCUT2D eigenvalue weighted by Gasteiger charge is 2.38. The zero-order valence-corrected chi connectivity index (χ0v) is 48.9. The molecule has 3 aliphatic rings. The summed E-state index contributed by atoms with van der Waals surface area (Å²) in [6.07, 6.45) is 6.62. The first-order chi connectivity index (χ1) is 42.2. The Hall–Kier alpha value is -10.3. The van der Waals surface area contributed by atoms with E-state index in [0.717, 1.165) is 41.3 Å². The molecule has 2 heteroatoms. The first kappa shape index (κ1) is 50.3. The van der Waals surface area contributed by atoms with Crippen molar-refractivity contribution in [1.82, 2.24) is 0 Å². The predicted octanol–water partition coefficient (Wildman–Crippen LogP) is 23.3. The standard InChI is InChI=1S/C84H62N2/c1-83(2)73-35-15-13-33-65(73)67-45-41-57(49-75(67)83)81-69-47-43-60(86(79-39-19-27-55-23-7-11-31-63(55)79)80-40-20-28-56-24-8-12-32-64(56)80)52-72(69)82(58-42-46-68-66-34-14-16-36-74(66)84(3,4)76(68)50-58)70-48-44-59(51-71(70)81)85(77-37-17-25-53-21-5-9-29-61(53)77)78-38-18-26-54-22-6-10-30-62(54)78/h5-11,13-31,33-52H,12,32H2,1-4H3. The molecule has 0 amide bonds. The Labute approximate surface area is 503 Å². The highest BCUT2D eigenvalue weighted by molar-refractivity contribution is 6.23. The first-order valence-electron chi connectivity index (χ1n) is 30.5. The van der Waals surface area contributed by atoms with E-state index in [0.29, 0.717) is 0 Å². The van der Waals surface area contributed by atoms with Crippen LogP contribution in [0, 0.1) is 0 Å². The van der Waals surface area contributed by atoms with Crippen LogP contribution in [0.3, 0.4) is 0 Å². The van der Waals surface area contributed by atoms with Crippen LogP contribution >= 0.6 is 0 Å². The molecule has 0 radical (unpaired) electrons. The van der Waals surface area contributed by atoms with Crippen LogP contribution in [0.2, 0.25) is 0 Å². The molecule has 0 atom stereocenters. The molecule has 14 aromatic carbocycles. The van der Waals surface area contributed by atoms with E-state index in [1.54, 1.807) is 0 Å². The molecule has 0 aliphatic heterocycles. The average molecular weight is 1100 g/mol. The Bertz CT molecular complexity index is 5110. The van der Waals surface area contributed by atoms with Crippen molar-refractivity contribution in [2.24, 2.45) is 0 Å². The van der Waals surface area contributed by atoms with E-state index in [4.69, 9.17) is 0 Å². The molecule has 14 aromatic rings. The summed E-state index contributed by atoms with van der Waals surface area (Å²) in [7, 11) is 0. The van der Waals surface area contributed by atoms with Crippen LogP contribution in [0.15, 0.2) is 273 Å². The summed E-state index contributed by atoms with van der Waals surface area (Å²) in [5, 5.41) is 12.1. The minimum Gasteiger partial charge on any atom is -0.310 e. The third-order valence-corrected chi connectivity index (χ3v) is 19.7. The van der Waals surface area contributed by atoms with Gasteiger partial charge < -0.3 is 9.80 Å². The van der Waals surface area contributed by atoms with Gasteiger partial charge in [-0.15, -0.1) is 0 Å². The van der Waals surface area contributed by atoms with Crippen molar-refractivity contribution in [1.29, 1.82) is 0 Å². The number of allylic oxidation sites excluding steroid dienone is 1. The van der Waals surface area contributed by atoms with Gasteiger partial charge in [-0.05, 0) is 189 Å². The van der Waals surface area contributed by atoms with E-state index < -0.39 is 0 Å². The number of benzene rings is 14. The van der Waals surface area contributed by atoms with Gasteiger partial charge in [-0.3, -0.25) is 0 Å². The zero-order chi connectivity index (χ0) is 57.4. The minimum absolute atomic E-state index is 0.204. The van der Waals surface area contributed by atoms with Crippen LogP contribution < -0.4 is 9.80 Å². The molecule has 0 saturated heterocycles. The van der Waals surface area contributed by atoms with Crippen LogP contribution in [0.4, 0.5) is 34.1 Å². The molecule has 0 fully saturated rings. The molecule has 0 unspecified atom stereocenters. The van der Waals surface area contributed by atoms with Crippen LogP contribution in [0.25, 0.3) is 104 Å². The maximum absolute atomic E-state index is 2.57. The lowest BCUT2D eigenvalue weighted by Gasteiger charge is -2.31. The Morgan fingerprint density at radius 1 is 0.302 bits per heavy atom. The molecule has 2 nitrogen and oxygen atoms in total. The van der Waals surface area contributed by atoms with Gasteiger partial charge in [0.1, 0.15) is 0 Å². The summed E-state index contributed by atoms with van der Waals surface area (Å²) in [5.74, 6) is 0. The topological polar surface area (TPSA) is 6.48 Å². The SMILES string of the molecule is CC1(C)c2ccccc2-c2ccc(-c3c4ccc(N(c5cccc6ccccc56)c5cccc6ccccc56)cc4c(-c4ccc5c(c4)C(C)(C)c4ccccc4-5)c4ccc(N(c5cccc6c5CCC=C6)c5cccc6ccccc56)cc34)cc21. The van der Waals surface area contributed by atoms with Crippen molar-refractivity contribution >= 4 is 94.1 Å². The van der Waals surface area contributed by atoms with Gasteiger partial charge in [0.2, 0.25) is 0 Å². The van der Waals surface area contributed by atoms with Crippen LogP contribution in [0.1, 0.15) is 67.5 Å². The predicted molar refractivity (Wildman–Crippen MR) is 367 cm³/mol. The van der Waals surface area contributed by atoms with Gasteiger partial charge in [0, 0.05) is 44.1 Å². The maximum atomic E-state index is 2.57. The lowest BCUT2D eigenvalue weighted by molar-refractivity contribution is 0.660. The number of nitrogens with zero attached hydrogens (tertiary/aromatic N) is 2. The van der Waals surface area contributed by atoms with Crippen molar-refractivity contribution in [3.05, 3.63) is 306 Å². The normalized spacial score (nSPS) is 14.1. The second-order valence-electron chi connectivity index (χ2n) is 25.0. The van der Waals surface area contributed by atoms with E-state index in [1.165, 1.54) is 137 Å². The molecule has 0 N–H and O–H groups in total. The van der Waals surface area contributed by atoms with Gasteiger partial charge in [-0.25, -0.2) is 0 Å². The number of rotatable bonds is 8. The van der Waals surface area contributed by atoms with Gasteiger partial charge >= 0.3 is 0 Å². The third kappa shape index (κ3) is 7.52. The molecule has 17 rings (SSSR count). The van der Waals surface area contributed by atoms with Crippen LogP contribution in [-0.2, 0) is 17.3 Å². The number of hydrogen-bond donors (Lipinski definition) is 0. The van der Waals surface area contributed by atoms with E-state index in [-0.39, 0.29) is 10.8 Å². The number of hydrogen-bond acceptors (Lipinski definition) is 2. The van der Waals surface area contributed by atoms with Crippen molar-refractivity contribution < 1.29 is 0 Å². The zero-order valence-electron chi connectivity index (χ0n) is 48.9. The van der Waals surface area contributed by atoms with Crippen molar-refractivity contribution in [2.75, 3.05) is 9.80 Å². The molecule has 0 saturated carbocycles. The van der Waals surface area contributed by atoms with Gasteiger partial charge in [0.25, 0.3) is 0 Å². The van der Waals surface area contributed by atoms with Gasteiger partial charge in [0.05, 0.1) is 17.1 Å². The second kappa shape index (κ2) is 19.1. The summed E-state index contributed by atoms with van der Waals surface area (Å²) in [4.78, 5) is 5.09. The molecular weight excluding hydrogens is 1040 g/mol. The van der Waals surface area contributed by atoms with Crippen molar-refractivity contribution in [3.8, 4) is 44.5 Å². The fourth-order valence-corrected chi connectivity index (χ4v) is 15.5. The molecule has 0 heterocycles. The van der Waals surface area contributed by atoms with E-state index in [2.05, 4.69) is 317 Å². The lowest BCUT2D eigenvalue weighted by atomic mass is 9.79. The highest BCUT2D eigenvalue weighted by Crippen LogP contribution is 2.56. The Morgan fingerprint density at radius 2 is 0.698 bits per heavy atom. The lowest BCUT2D eigenvalue weighted by Crippen LogP contribution is -2.15. The largest absolute Gasteiger partial charge is 0.310 e. The molecule has 0 aromatic heterocycles. The van der Waals surface area contributed by atoms with Gasteiger partial charge in [-0.2, -0.15) is 0 Å². The third-order valence-electron chi connectivity index (χ3n) is 19.7. The van der Waals surface area contributed by atoms with Crippen LogP contribution in [-0.4, -0.2) is 0 Å². The van der Waals surface area contributed by atoms with E-state index in [9.17, 15) is 0 Å². The van der Waals surface area contributed by atoms with Crippen molar-refractivity contribution in [2.45, 2.75) is 51.4 Å². The molecule has 0 bridgehead atoms. The quantitative estimate of drug-likeness (QED) is 0.140. The van der Waals surface area contributed by atoms with Crippen LogP contribution in [0.5, 0.6) is 0 Å². The summed E-state index contributed by atoms with van der Waals surface area (Å²) < 4.78 is 0.